The monoisotopic (exact) mass is 444 g/mol. The molecule has 1 aromatic heterocycles. The van der Waals surface area contributed by atoms with Crippen molar-refractivity contribution in [3.05, 3.63) is 93.8 Å². The van der Waals surface area contributed by atoms with Crippen molar-refractivity contribution in [2.24, 2.45) is 0 Å². The zero-order valence-electron chi connectivity index (χ0n) is 16.3. The van der Waals surface area contributed by atoms with Gasteiger partial charge in [0.15, 0.2) is 11.5 Å². The summed E-state index contributed by atoms with van der Waals surface area (Å²) in [4.78, 5) is 16.9. The molecule has 0 spiro atoms. The minimum Gasteiger partial charge on any atom is -0.440 e. The SMILES string of the molecule is Cc1ccc(C(=O)Nc2cccc(Cc3nc4cc(Cl)ccc4o3)c2)cc1C(F)(F)F. The van der Waals surface area contributed by atoms with Gasteiger partial charge in [0.05, 0.1) is 5.56 Å². The summed E-state index contributed by atoms with van der Waals surface area (Å²) < 4.78 is 45.1. The number of carbonyl (C=O) groups is 1. The van der Waals surface area contributed by atoms with Crippen LogP contribution in [0.25, 0.3) is 11.1 Å². The Morgan fingerprint density at radius 3 is 2.68 bits per heavy atom. The number of halogens is 4. The highest BCUT2D eigenvalue weighted by Crippen LogP contribution is 2.32. The van der Waals surface area contributed by atoms with Crippen molar-refractivity contribution in [2.45, 2.75) is 19.5 Å². The third-order valence-electron chi connectivity index (χ3n) is 4.74. The lowest BCUT2D eigenvalue weighted by atomic mass is 10.0. The number of aromatic nitrogens is 1. The summed E-state index contributed by atoms with van der Waals surface area (Å²) in [5, 5.41) is 3.20. The fraction of sp³-hybridized carbons (Fsp3) is 0.130. The summed E-state index contributed by atoms with van der Waals surface area (Å²) in [6, 6.07) is 15.6. The van der Waals surface area contributed by atoms with Crippen LogP contribution in [0.5, 0.6) is 0 Å². The Labute approximate surface area is 180 Å². The van der Waals surface area contributed by atoms with Crippen LogP contribution < -0.4 is 5.32 Å². The summed E-state index contributed by atoms with van der Waals surface area (Å²) in [7, 11) is 0. The number of amides is 1. The van der Waals surface area contributed by atoms with Crippen LogP contribution in [0.1, 0.15) is 32.9 Å². The molecule has 8 heteroatoms. The molecule has 0 aliphatic rings. The molecule has 0 atom stereocenters. The van der Waals surface area contributed by atoms with E-state index in [9.17, 15) is 18.0 Å². The highest BCUT2D eigenvalue weighted by atomic mass is 35.5. The van der Waals surface area contributed by atoms with Gasteiger partial charge in [-0.25, -0.2) is 4.98 Å². The van der Waals surface area contributed by atoms with Gasteiger partial charge in [0.25, 0.3) is 5.91 Å². The molecule has 0 saturated carbocycles. The summed E-state index contributed by atoms with van der Waals surface area (Å²) in [6.45, 7) is 1.36. The number of nitrogens with zero attached hydrogens (tertiary/aromatic N) is 1. The molecular weight excluding hydrogens is 429 g/mol. The van der Waals surface area contributed by atoms with E-state index in [1.165, 1.54) is 19.1 Å². The van der Waals surface area contributed by atoms with Gasteiger partial charge in [0, 0.05) is 22.7 Å². The molecule has 31 heavy (non-hydrogen) atoms. The first-order valence-corrected chi connectivity index (χ1v) is 9.70. The van der Waals surface area contributed by atoms with Crippen LogP contribution in [0, 0.1) is 6.92 Å². The third kappa shape index (κ3) is 4.72. The Bertz CT molecular complexity index is 1280. The summed E-state index contributed by atoms with van der Waals surface area (Å²) in [5.41, 5.74) is 1.69. The van der Waals surface area contributed by atoms with Crippen LogP contribution >= 0.6 is 11.6 Å². The van der Waals surface area contributed by atoms with E-state index in [2.05, 4.69) is 10.3 Å². The van der Waals surface area contributed by atoms with Crippen LogP contribution in [0.3, 0.4) is 0 Å². The molecule has 4 rings (SSSR count). The molecule has 158 valence electrons. The summed E-state index contributed by atoms with van der Waals surface area (Å²) in [5.74, 6) is -0.145. The Hall–Kier alpha value is -3.32. The predicted molar refractivity (Wildman–Crippen MR) is 112 cm³/mol. The minimum atomic E-state index is -4.52. The molecule has 0 bridgehead atoms. The molecular formula is C23H16ClF3N2O2. The van der Waals surface area contributed by atoms with E-state index in [0.29, 0.717) is 34.1 Å². The van der Waals surface area contributed by atoms with Gasteiger partial charge in [0.1, 0.15) is 5.52 Å². The molecule has 0 aliphatic heterocycles. The van der Waals surface area contributed by atoms with Crippen molar-refractivity contribution in [2.75, 3.05) is 5.32 Å². The lowest BCUT2D eigenvalue weighted by molar-refractivity contribution is -0.138. The van der Waals surface area contributed by atoms with Gasteiger partial charge in [-0.2, -0.15) is 13.2 Å². The van der Waals surface area contributed by atoms with E-state index in [0.717, 1.165) is 11.6 Å². The maximum Gasteiger partial charge on any atom is 0.416 e. The van der Waals surface area contributed by atoms with Gasteiger partial charge >= 0.3 is 6.18 Å². The molecule has 4 nitrogen and oxygen atoms in total. The van der Waals surface area contributed by atoms with Crippen LogP contribution in [0.4, 0.5) is 18.9 Å². The maximum absolute atomic E-state index is 13.1. The van der Waals surface area contributed by atoms with Gasteiger partial charge in [-0.1, -0.05) is 29.8 Å². The first-order valence-electron chi connectivity index (χ1n) is 9.32. The highest BCUT2D eigenvalue weighted by molar-refractivity contribution is 6.31. The molecule has 0 fully saturated rings. The van der Waals surface area contributed by atoms with Gasteiger partial charge < -0.3 is 9.73 Å². The molecule has 1 heterocycles. The summed E-state index contributed by atoms with van der Waals surface area (Å²) in [6.07, 6.45) is -4.15. The normalized spacial score (nSPS) is 11.6. The van der Waals surface area contributed by atoms with E-state index in [1.54, 1.807) is 36.4 Å². The number of hydrogen-bond donors (Lipinski definition) is 1. The van der Waals surface area contributed by atoms with Gasteiger partial charge in [-0.3, -0.25) is 4.79 Å². The van der Waals surface area contributed by atoms with Gasteiger partial charge in [0.2, 0.25) is 0 Å². The van der Waals surface area contributed by atoms with Crippen LogP contribution in [0.15, 0.2) is 65.1 Å². The maximum atomic E-state index is 13.1. The first kappa shape index (κ1) is 20.9. The van der Waals surface area contributed by atoms with Crippen molar-refractivity contribution >= 4 is 34.3 Å². The lowest BCUT2D eigenvalue weighted by Gasteiger charge is -2.12. The molecule has 1 N–H and O–H groups in total. The summed E-state index contributed by atoms with van der Waals surface area (Å²) >= 11 is 5.97. The smallest absolute Gasteiger partial charge is 0.416 e. The third-order valence-corrected chi connectivity index (χ3v) is 4.97. The number of anilines is 1. The number of carbonyl (C=O) groups excluding carboxylic acids is 1. The fourth-order valence-electron chi connectivity index (χ4n) is 3.23. The Kier molecular flexibility index (Phi) is 5.45. The topological polar surface area (TPSA) is 55.1 Å². The largest absolute Gasteiger partial charge is 0.440 e. The second-order valence-corrected chi connectivity index (χ2v) is 7.51. The Balaban J connectivity index is 1.52. The van der Waals surface area contributed by atoms with Crippen LogP contribution in [-0.4, -0.2) is 10.9 Å². The van der Waals surface area contributed by atoms with Crippen molar-refractivity contribution < 1.29 is 22.4 Å². The van der Waals surface area contributed by atoms with E-state index in [-0.39, 0.29) is 11.1 Å². The fourth-order valence-corrected chi connectivity index (χ4v) is 3.40. The highest BCUT2D eigenvalue weighted by Gasteiger charge is 2.33. The zero-order valence-corrected chi connectivity index (χ0v) is 17.0. The Morgan fingerprint density at radius 2 is 1.90 bits per heavy atom. The first-order chi connectivity index (χ1) is 14.7. The van der Waals surface area contributed by atoms with E-state index >= 15 is 0 Å². The standard InChI is InChI=1S/C23H16ClF3N2O2/c1-13-5-6-15(11-18(13)23(25,26)27)22(30)28-17-4-2-3-14(9-17)10-21-29-19-12-16(24)7-8-20(19)31-21/h2-9,11-12H,10H2,1H3,(H,28,30). The number of oxazole rings is 1. The molecule has 1 amide bonds. The number of aryl methyl sites for hydroxylation is 1. The number of hydrogen-bond acceptors (Lipinski definition) is 3. The second kappa shape index (κ2) is 8.07. The van der Waals surface area contributed by atoms with Crippen molar-refractivity contribution in [1.82, 2.24) is 4.98 Å². The van der Waals surface area contributed by atoms with Crippen LogP contribution in [-0.2, 0) is 12.6 Å². The van der Waals surface area contributed by atoms with E-state index in [1.807, 2.05) is 6.07 Å². The van der Waals surface area contributed by atoms with Crippen molar-refractivity contribution in [3.8, 4) is 0 Å². The van der Waals surface area contributed by atoms with Crippen molar-refractivity contribution in [1.29, 1.82) is 0 Å². The molecule has 3 aromatic carbocycles. The molecule has 0 radical (unpaired) electrons. The Morgan fingerprint density at radius 1 is 1.10 bits per heavy atom. The van der Waals surface area contributed by atoms with Gasteiger partial charge in [-0.05, 0) is 60.5 Å². The van der Waals surface area contributed by atoms with Crippen LogP contribution in [0.2, 0.25) is 5.02 Å². The molecule has 0 aliphatic carbocycles. The number of rotatable bonds is 4. The molecule has 0 saturated heterocycles. The van der Waals surface area contributed by atoms with Gasteiger partial charge in [-0.15, -0.1) is 0 Å². The van der Waals surface area contributed by atoms with Crippen molar-refractivity contribution in [3.63, 3.8) is 0 Å². The predicted octanol–water partition coefficient (Wildman–Crippen LogP) is 6.65. The molecule has 0 unspecified atom stereocenters. The zero-order chi connectivity index (χ0) is 22.2. The number of fused-ring (bicyclic) bond motifs is 1. The number of alkyl halides is 3. The molecule has 4 aromatic rings. The second-order valence-electron chi connectivity index (χ2n) is 7.08. The number of benzene rings is 3. The average molecular weight is 445 g/mol. The number of nitrogens with one attached hydrogen (secondary N) is 1. The van der Waals surface area contributed by atoms with E-state index < -0.39 is 17.6 Å². The lowest BCUT2D eigenvalue weighted by Crippen LogP contribution is -2.15. The minimum absolute atomic E-state index is 0.0608. The van der Waals surface area contributed by atoms with E-state index in [4.69, 9.17) is 16.0 Å². The average Bonchev–Trinajstić information content (AvgIpc) is 3.08. The quantitative estimate of drug-likeness (QED) is 0.383.